The largest absolute Gasteiger partial charge is 0.283 e. The fourth-order valence-corrected chi connectivity index (χ4v) is 2.87. The van der Waals surface area contributed by atoms with E-state index in [1.807, 2.05) is 31.2 Å². The van der Waals surface area contributed by atoms with Crippen molar-refractivity contribution in [1.82, 2.24) is 14.9 Å². The van der Waals surface area contributed by atoms with Gasteiger partial charge in [0.25, 0.3) is 5.69 Å². The van der Waals surface area contributed by atoms with Crippen LogP contribution in [0.1, 0.15) is 11.1 Å². The molecule has 0 aliphatic carbocycles. The van der Waals surface area contributed by atoms with E-state index < -0.39 is 0 Å². The number of hydrogen-bond donors (Lipinski definition) is 0. The predicted molar refractivity (Wildman–Crippen MR) is 91.4 cm³/mol. The van der Waals surface area contributed by atoms with Crippen LogP contribution in [-0.2, 0) is 0 Å². The average molecular weight is 339 g/mol. The summed E-state index contributed by atoms with van der Waals surface area (Å²) in [6, 6.07) is 12.9. The maximum absolute atomic E-state index is 11.4. The second-order valence-corrected chi connectivity index (χ2v) is 6.10. The van der Waals surface area contributed by atoms with E-state index in [0.717, 1.165) is 10.5 Å². The van der Waals surface area contributed by atoms with Crippen LogP contribution in [0.4, 0.5) is 5.69 Å². The summed E-state index contributed by atoms with van der Waals surface area (Å²) in [4.78, 5) is 12.5. The van der Waals surface area contributed by atoms with Crippen LogP contribution < -0.4 is 0 Å². The lowest BCUT2D eigenvalue weighted by Gasteiger charge is -2.04. The number of hydrogen-bond acceptors (Lipinski definition) is 6. The minimum absolute atomic E-state index is 0.0493. The van der Waals surface area contributed by atoms with E-state index in [-0.39, 0.29) is 10.6 Å². The molecule has 2 aromatic carbocycles. The Labute approximate surface area is 142 Å². The fraction of sp³-hybridized carbons (Fsp3) is 0.0625. The second-order valence-electron chi connectivity index (χ2n) is 4.99. The van der Waals surface area contributed by atoms with Gasteiger partial charge in [-0.2, -0.15) is 5.10 Å². The van der Waals surface area contributed by atoms with Gasteiger partial charge >= 0.3 is 0 Å². The third kappa shape index (κ3) is 3.85. The molecule has 0 aliphatic rings. The average Bonchev–Trinajstić information content (AvgIpc) is 3.09. The predicted octanol–water partition coefficient (Wildman–Crippen LogP) is 3.53. The summed E-state index contributed by atoms with van der Waals surface area (Å²) in [6.45, 7) is 2.00. The highest BCUT2D eigenvalue weighted by Gasteiger charge is 2.15. The molecule has 0 fully saturated rings. The van der Waals surface area contributed by atoms with Crippen molar-refractivity contribution >= 4 is 23.7 Å². The minimum Gasteiger partial charge on any atom is -0.258 e. The molecule has 24 heavy (non-hydrogen) atoms. The molecule has 0 unspecified atom stereocenters. The lowest BCUT2D eigenvalue weighted by molar-refractivity contribution is -0.387. The van der Waals surface area contributed by atoms with Crippen LogP contribution >= 0.6 is 11.8 Å². The molecule has 0 N–H and O–H groups in total. The van der Waals surface area contributed by atoms with Crippen molar-refractivity contribution in [3.05, 3.63) is 76.4 Å². The highest BCUT2D eigenvalue weighted by Crippen LogP contribution is 2.35. The molecular weight excluding hydrogens is 326 g/mol. The summed E-state index contributed by atoms with van der Waals surface area (Å²) >= 11 is 1.36. The summed E-state index contributed by atoms with van der Waals surface area (Å²) in [5.74, 6) is 0. The number of nitro benzene ring substituents is 1. The van der Waals surface area contributed by atoms with Gasteiger partial charge in [0, 0.05) is 16.5 Å². The lowest BCUT2D eigenvalue weighted by Crippen LogP contribution is -1.94. The number of benzene rings is 2. The fourth-order valence-electron chi connectivity index (χ4n) is 1.97. The zero-order valence-electron chi connectivity index (χ0n) is 12.7. The monoisotopic (exact) mass is 339 g/mol. The molecule has 0 atom stereocenters. The Balaban J connectivity index is 1.87. The second kappa shape index (κ2) is 7.05. The smallest absolute Gasteiger partial charge is 0.258 e. The molecule has 7 nitrogen and oxygen atoms in total. The van der Waals surface area contributed by atoms with Crippen molar-refractivity contribution in [3.8, 4) is 0 Å². The van der Waals surface area contributed by atoms with Crippen molar-refractivity contribution in [2.24, 2.45) is 5.10 Å². The van der Waals surface area contributed by atoms with Crippen LogP contribution in [0, 0.1) is 17.0 Å². The molecule has 3 rings (SSSR count). The van der Waals surface area contributed by atoms with E-state index in [4.69, 9.17) is 0 Å². The first-order chi connectivity index (χ1) is 11.6. The number of rotatable bonds is 5. The summed E-state index contributed by atoms with van der Waals surface area (Å²) in [5, 5.41) is 22.7. The number of nitro groups is 1. The molecule has 120 valence electrons. The Bertz CT molecular complexity index is 876. The Morgan fingerprint density at radius 3 is 2.54 bits per heavy atom. The van der Waals surface area contributed by atoms with Gasteiger partial charge in [-0.15, -0.1) is 10.2 Å². The van der Waals surface area contributed by atoms with E-state index in [1.165, 1.54) is 41.4 Å². The Kier molecular flexibility index (Phi) is 4.66. The molecule has 0 amide bonds. The summed E-state index contributed by atoms with van der Waals surface area (Å²) in [5.41, 5.74) is 1.83. The normalized spacial score (nSPS) is 11.0. The molecule has 8 heteroatoms. The van der Waals surface area contributed by atoms with Crippen LogP contribution in [0.5, 0.6) is 0 Å². The van der Waals surface area contributed by atoms with Crippen molar-refractivity contribution in [2.75, 3.05) is 0 Å². The Morgan fingerprint density at radius 1 is 1.17 bits per heavy atom. The van der Waals surface area contributed by atoms with Crippen molar-refractivity contribution in [3.63, 3.8) is 0 Å². The number of nitrogens with zero attached hydrogens (tertiary/aromatic N) is 5. The van der Waals surface area contributed by atoms with Gasteiger partial charge in [0.05, 0.1) is 16.0 Å². The quantitative estimate of drug-likeness (QED) is 0.403. The van der Waals surface area contributed by atoms with Gasteiger partial charge in [-0.1, -0.05) is 35.5 Å². The van der Waals surface area contributed by atoms with Crippen LogP contribution in [0.15, 0.2) is 70.0 Å². The third-order valence-electron chi connectivity index (χ3n) is 3.18. The zero-order valence-corrected chi connectivity index (χ0v) is 13.6. The molecule has 1 heterocycles. The highest BCUT2D eigenvalue weighted by molar-refractivity contribution is 7.99. The summed E-state index contributed by atoms with van der Waals surface area (Å²) in [6.07, 6.45) is 4.40. The molecule has 0 aliphatic heterocycles. The van der Waals surface area contributed by atoms with Gasteiger partial charge in [0.15, 0.2) is 0 Å². The first kappa shape index (κ1) is 15.9. The molecule has 0 radical (unpaired) electrons. The van der Waals surface area contributed by atoms with Gasteiger partial charge in [-0.05, 0) is 25.1 Å². The molecular formula is C16H13N5O2S. The third-order valence-corrected chi connectivity index (χ3v) is 4.25. The van der Waals surface area contributed by atoms with Crippen LogP contribution in [-0.4, -0.2) is 26.0 Å². The first-order valence-corrected chi connectivity index (χ1v) is 7.85. The van der Waals surface area contributed by atoms with E-state index in [9.17, 15) is 10.1 Å². The van der Waals surface area contributed by atoms with E-state index >= 15 is 0 Å². The Hall–Kier alpha value is -3.00. The lowest BCUT2D eigenvalue weighted by atomic mass is 10.2. The molecule has 0 saturated carbocycles. The topological polar surface area (TPSA) is 86.2 Å². The number of aromatic nitrogens is 3. The van der Waals surface area contributed by atoms with Gasteiger partial charge in [-0.3, -0.25) is 10.1 Å². The van der Waals surface area contributed by atoms with E-state index in [1.54, 1.807) is 12.1 Å². The molecule has 0 bridgehead atoms. The van der Waals surface area contributed by atoms with E-state index in [2.05, 4.69) is 15.3 Å². The van der Waals surface area contributed by atoms with Gasteiger partial charge < -0.3 is 0 Å². The van der Waals surface area contributed by atoms with Gasteiger partial charge in [-0.25, -0.2) is 4.68 Å². The van der Waals surface area contributed by atoms with Crippen LogP contribution in [0.2, 0.25) is 0 Å². The number of aryl methyl sites for hydroxylation is 1. The SMILES string of the molecule is Cc1ccc(Sc2ccc(/C=N/n3cnnc3)cc2[N+](=O)[O-])cc1. The van der Waals surface area contributed by atoms with Crippen LogP contribution in [0.25, 0.3) is 0 Å². The molecule has 0 saturated heterocycles. The summed E-state index contributed by atoms with van der Waals surface area (Å²) in [7, 11) is 0. The van der Waals surface area contributed by atoms with Crippen LogP contribution in [0.3, 0.4) is 0 Å². The van der Waals surface area contributed by atoms with Gasteiger partial charge in [0.2, 0.25) is 0 Å². The van der Waals surface area contributed by atoms with E-state index in [0.29, 0.717) is 10.5 Å². The van der Waals surface area contributed by atoms with Gasteiger partial charge in [0.1, 0.15) is 12.7 Å². The van der Waals surface area contributed by atoms with Crippen molar-refractivity contribution in [2.45, 2.75) is 16.7 Å². The van der Waals surface area contributed by atoms with Crippen molar-refractivity contribution in [1.29, 1.82) is 0 Å². The molecule has 3 aromatic rings. The minimum atomic E-state index is -0.382. The molecule has 0 spiro atoms. The summed E-state index contributed by atoms with van der Waals surface area (Å²) < 4.78 is 1.42. The molecule has 1 aromatic heterocycles. The first-order valence-electron chi connectivity index (χ1n) is 7.04. The zero-order chi connectivity index (χ0) is 16.9. The standard InChI is InChI=1S/C16H13N5O2S/c1-12-2-5-14(6-3-12)24-16-7-4-13(8-15(16)21(22)23)9-19-20-10-17-18-11-20/h2-11H,1H3/b19-9+. The maximum Gasteiger partial charge on any atom is 0.283 e. The highest BCUT2D eigenvalue weighted by atomic mass is 32.2. The maximum atomic E-state index is 11.4. The Morgan fingerprint density at radius 2 is 1.88 bits per heavy atom. The van der Waals surface area contributed by atoms with Crippen molar-refractivity contribution < 1.29 is 4.92 Å².